The lowest BCUT2D eigenvalue weighted by molar-refractivity contribution is -0.120. The Balaban J connectivity index is 1.49. The van der Waals surface area contributed by atoms with E-state index in [9.17, 15) is 4.79 Å². The fourth-order valence-corrected chi connectivity index (χ4v) is 3.85. The summed E-state index contributed by atoms with van der Waals surface area (Å²) in [7, 11) is 0. The van der Waals surface area contributed by atoms with E-state index in [0.29, 0.717) is 21.7 Å². The minimum Gasteiger partial charge on any atom is -0.386 e. The predicted molar refractivity (Wildman–Crippen MR) is 121 cm³/mol. The molecule has 31 heavy (non-hydrogen) atoms. The first kappa shape index (κ1) is 19.6. The van der Waals surface area contributed by atoms with Gasteiger partial charge in [-0.1, -0.05) is 64.8 Å². The number of rotatable bonds is 4. The quantitative estimate of drug-likeness (QED) is 0.424. The van der Waals surface area contributed by atoms with Gasteiger partial charge in [0.25, 0.3) is 0 Å². The fraction of sp³-hybridized carbons (Fsp3) is 0.0870. The van der Waals surface area contributed by atoms with Crippen LogP contribution in [-0.2, 0) is 9.63 Å². The van der Waals surface area contributed by atoms with E-state index in [4.69, 9.17) is 28.0 Å². The lowest BCUT2D eigenvalue weighted by Crippen LogP contribution is -2.32. The highest BCUT2D eigenvalue weighted by Crippen LogP contribution is 2.36. The van der Waals surface area contributed by atoms with Gasteiger partial charge in [-0.25, -0.2) is 4.98 Å². The molecule has 0 saturated heterocycles. The van der Waals surface area contributed by atoms with Gasteiger partial charge in [-0.05, 0) is 42.0 Å². The van der Waals surface area contributed by atoms with Crippen LogP contribution in [0.15, 0.2) is 78.0 Å². The van der Waals surface area contributed by atoms with Crippen LogP contribution >= 0.6 is 23.2 Å². The summed E-state index contributed by atoms with van der Waals surface area (Å²) in [5.74, 6) is -0.621. The van der Waals surface area contributed by atoms with Crippen LogP contribution in [0.25, 0.3) is 11.0 Å². The number of carbonyl (C=O) groups excluding carboxylic acids is 1. The van der Waals surface area contributed by atoms with Gasteiger partial charge in [-0.15, -0.1) is 0 Å². The largest absolute Gasteiger partial charge is 0.386 e. The summed E-state index contributed by atoms with van der Waals surface area (Å²) in [6, 6.07) is 21.9. The van der Waals surface area contributed by atoms with Crippen LogP contribution in [0.5, 0.6) is 0 Å². The van der Waals surface area contributed by atoms with Gasteiger partial charge in [0.15, 0.2) is 6.10 Å². The third-order valence-corrected chi connectivity index (χ3v) is 5.62. The minimum absolute atomic E-state index is 0.287. The lowest BCUT2D eigenvalue weighted by atomic mass is 9.88. The van der Waals surface area contributed by atoms with Crippen molar-refractivity contribution in [3.63, 3.8) is 0 Å². The van der Waals surface area contributed by atoms with Gasteiger partial charge in [0, 0.05) is 15.6 Å². The van der Waals surface area contributed by atoms with Crippen molar-refractivity contribution in [2.45, 2.75) is 6.10 Å². The van der Waals surface area contributed by atoms with Gasteiger partial charge >= 0.3 is 0 Å². The smallest absolute Gasteiger partial charge is 0.240 e. The Bertz CT molecular complexity index is 1250. The van der Waals surface area contributed by atoms with Crippen molar-refractivity contribution in [1.29, 1.82) is 0 Å². The maximum atomic E-state index is 13.4. The summed E-state index contributed by atoms with van der Waals surface area (Å²) < 4.78 is 0. The predicted octanol–water partition coefficient (Wildman–Crippen LogP) is 5.60. The normalized spacial score (nSPS) is 17.9. The number of anilines is 1. The topological polar surface area (TPSA) is 79.4 Å². The van der Waals surface area contributed by atoms with Crippen LogP contribution in [0.4, 0.5) is 5.95 Å². The molecule has 2 heterocycles. The van der Waals surface area contributed by atoms with Crippen molar-refractivity contribution in [3.8, 4) is 0 Å². The van der Waals surface area contributed by atoms with Crippen LogP contribution in [0.3, 0.4) is 0 Å². The number of imidazole rings is 1. The Kier molecular flexibility index (Phi) is 5.10. The lowest BCUT2D eigenvalue weighted by Gasteiger charge is -2.18. The van der Waals surface area contributed by atoms with Gasteiger partial charge in [0.1, 0.15) is 11.6 Å². The molecule has 1 aliphatic rings. The highest BCUT2D eigenvalue weighted by atomic mass is 35.5. The molecule has 0 radical (unpaired) electrons. The highest BCUT2D eigenvalue weighted by molar-refractivity contribution is 6.31. The summed E-state index contributed by atoms with van der Waals surface area (Å²) in [6.07, 6.45) is -0.604. The maximum absolute atomic E-state index is 13.4. The number of hydrogen-bond donors (Lipinski definition) is 2. The molecule has 2 N–H and O–H groups in total. The molecule has 0 saturated carbocycles. The number of oxime groups is 1. The van der Waals surface area contributed by atoms with E-state index in [1.807, 2.05) is 48.5 Å². The number of hydrogen-bond acceptors (Lipinski definition) is 4. The van der Waals surface area contributed by atoms with Crippen LogP contribution in [0.1, 0.15) is 17.2 Å². The number of amides is 1. The first-order chi connectivity index (χ1) is 15.1. The van der Waals surface area contributed by atoms with E-state index in [0.717, 1.165) is 22.2 Å². The fourth-order valence-electron chi connectivity index (χ4n) is 3.60. The molecule has 2 unspecified atom stereocenters. The van der Waals surface area contributed by atoms with Gasteiger partial charge in [0.2, 0.25) is 11.9 Å². The van der Waals surface area contributed by atoms with Gasteiger partial charge in [-0.2, -0.15) is 0 Å². The highest BCUT2D eigenvalue weighted by Gasteiger charge is 2.41. The Morgan fingerprint density at radius 2 is 1.61 bits per heavy atom. The number of carbonyl (C=O) groups is 1. The number of fused-ring (bicyclic) bond motifs is 1. The zero-order valence-corrected chi connectivity index (χ0v) is 17.6. The zero-order chi connectivity index (χ0) is 21.4. The second-order valence-electron chi connectivity index (χ2n) is 7.13. The molecule has 4 aromatic rings. The number of benzene rings is 3. The molecular weight excluding hydrogens is 435 g/mol. The van der Waals surface area contributed by atoms with Crippen molar-refractivity contribution in [2.75, 3.05) is 5.32 Å². The van der Waals surface area contributed by atoms with Crippen molar-refractivity contribution in [1.82, 2.24) is 9.97 Å². The molecule has 1 aliphatic heterocycles. The van der Waals surface area contributed by atoms with Crippen LogP contribution in [0.2, 0.25) is 10.0 Å². The first-order valence-electron chi connectivity index (χ1n) is 9.59. The Hall–Kier alpha value is -3.35. The standard InChI is InChI=1S/C23H16Cl2N4O2/c24-15-9-5-13(6-10-15)20-19(21(31-29-20)14-7-11-16(25)12-8-14)22(30)28-23-26-17-3-1-2-4-18(17)27-23/h1-12,19,21H,(H2,26,27,28,30). The van der Waals surface area contributed by atoms with Crippen molar-refractivity contribution in [3.05, 3.63) is 94.0 Å². The Morgan fingerprint density at radius 3 is 2.32 bits per heavy atom. The third kappa shape index (κ3) is 3.87. The zero-order valence-electron chi connectivity index (χ0n) is 16.0. The number of nitrogens with zero attached hydrogens (tertiary/aromatic N) is 2. The van der Waals surface area contributed by atoms with Crippen molar-refractivity contribution in [2.24, 2.45) is 11.1 Å². The molecule has 1 aromatic heterocycles. The number of nitrogens with one attached hydrogen (secondary N) is 2. The van der Waals surface area contributed by atoms with E-state index in [-0.39, 0.29) is 5.91 Å². The molecule has 154 valence electrons. The molecule has 0 fully saturated rings. The second-order valence-corrected chi connectivity index (χ2v) is 8.00. The Labute approximate surface area is 187 Å². The second kappa shape index (κ2) is 8.06. The van der Waals surface area contributed by atoms with Crippen LogP contribution < -0.4 is 5.32 Å². The number of halogens is 2. The molecular formula is C23H16Cl2N4O2. The average molecular weight is 451 g/mol. The molecule has 1 amide bonds. The molecule has 3 aromatic carbocycles. The summed E-state index contributed by atoms with van der Waals surface area (Å²) in [5, 5.41) is 8.33. The van der Waals surface area contributed by atoms with Crippen molar-refractivity contribution >= 4 is 51.8 Å². The summed E-state index contributed by atoms with van der Waals surface area (Å²) in [5.41, 5.74) is 3.67. The number of aromatic nitrogens is 2. The first-order valence-corrected chi connectivity index (χ1v) is 10.3. The van der Waals surface area contributed by atoms with Gasteiger partial charge in [-0.3, -0.25) is 10.1 Å². The van der Waals surface area contributed by atoms with E-state index in [2.05, 4.69) is 20.4 Å². The van der Waals surface area contributed by atoms with E-state index in [1.54, 1.807) is 24.3 Å². The van der Waals surface area contributed by atoms with E-state index < -0.39 is 12.0 Å². The van der Waals surface area contributed by atoms with E-state index in [1.165, 1.54) is 0 Å². The number of aromatic amines is 1. The van der Waals surface area contributed by atoms with Gasteiger partial charge in [0.05, 0.1) is 11.0 Å². The number of H-pyrrole nitrogens is 1. The molecule has 0 bridgehead atoms. The monoisotopic (exact) mass is 450 g/mol. The van der Waals surface area contributed by atoms with Gasteiger partial charge < -0.3 is 9.82 Å². The van der Waals surface area contributed by atoms with Crippen molar-refractivity contribution < 1.29 is 9.63 Å². The van der Waals surface area contributed by atoms with Crippen LogP contribution in [-0.4, -0.2) is 21.6 Å². The summed E-state index contributed by atoms with van der Waals surface area (Å²) in [6.45, 7) is 0. The number of para-hydroxylation sites is 2. The van der Waals surface area contributed by atoms with Crippen LogP contribution in [0, 0.1) is 5.92 Å². The minimum atomic E-state index is -0.699. The Morgan fingerprint density at radius 1 is 0.935 bits per heavy atom. The third-order valence-electron chi connectivity index (χ3n) is 5.11. The molecule has 0 spiro atoms. The average Bonchev–Trinajstić information content (AvgIpc) is 3.39. The molecule has 2 atom stereocenters. The molecule has 6 nitrogen and oxygen atoms in total. The molecule has 0 aliphatic carbocycles. The molecule has 5 rings (SSSR count). The SMILES string of the molecule is O=C(Nc1nc2ccccc2[nH]1)C1C(c2ccc(Cl)cc2)=NOC1c1ccc(Cl)cc1. The maximum Gasteiger partial charge on any atom is 0.240 e. The summed E-state index contributed by atoms with van der Waals surface area (Å²) in [4.78, 5) is 26.7. The molecule has 8 heteroatoms. The van der Waals surface area contributed by atoms with E-state index >= 15 is 0 Å². The summed E-state index contributed by atoms with van der Waals surface area (Å²) >= 11 is 12.1.